The van der Waals surface area contributed by atoms with Gasteiger partial charge in [0, 0.05) is 17.1 Å². The number of hydrogen-bond acceptors (Lipinski definition) is 4. The number of cyclic esters (lactones) is 2. The zero-order valence-electron chi connectivity index (χ0n) is 17.0. The molecule has 4 nitrogen and oxygen atoms in total. The van der Waals surface area contributed by atoms with Crippen LogP contribution in [0, 0.1) is 23.2 Å². The highest BCUT2D eigenvalue weighted by Gasteiger charge is 2.66. The van der Waals surface area contributed by atoms with Crippen LogP contribution in [0.3, 0.4) is 0 Å². The summed E-state index contributed by atoms with van der Waals surface area (Å²) in [6.07, 6.45) is 13.3. The van der Waals surface area contributed by atoms with E-state index in [2.05, 4.69) is 26.0 Å². The van der Waals surface area contributed by atoms with Crippen LogP contribution in [0.4, 0.5) is 0 Å². The van der Waals surface area contributed by atoms with Crippen molar-refractivity contribution in [2.45, 2.75) is 77.7 Å². The summed E-state index contributed by atoms with van der Waals surface area (Å²) in [6, 6.07) is 0. The van der Waals surface area contributed by atoms with Gasteiger partial charge < -0.3 is 9.47 Å². The molecule has 150 valence electrons. The average molecular weight is 383 g/mol. The summed E-state index contributed by atoms with van der Waals surface area (Å²) in [5.41, 5.74) is 2.54. The van der Waals surface area contributed by atoms with Gasteiger partial charge in [0.05, 0.1) is 5.41 Å². The van der Waals surface area contributed by atoms with Crippen LogP contribution < -0.4 is 0 Å². The number of esters is 2. The van der Waals surface area contributed by atoms with Gasteiger partial charge >= 0.3 is 11.9 Å². The summed E-state index contributed by atoms with van der Waals surface area (Å²) in [5.74, 6) is 1.37. The number of fused-ring (bicyclic) bond motifs is 1. The van der Waals surface area contributed by atoms with E-state index in [0.29, 0.717) is 11.8 Å². The van der Waals surface area contributed by atoms with E-state index >= 15 is 0 Å². The molecule has 4 aliphatic carbocycles. The van der Waals surface area contributed by atoms with Crippen molar-refractivity contribution in [3.05, 3.63) is 34.6 Å². The predicted molar refractivity (Wildman–Crippen MR) is 105 cm³/mol. The second-order valence-electron chi connectivity index (χ2n) is 9.16. The molecule has 0 amide bonds. The highest BCUT2D eigenvalue weighted by molar-refractivity contribution is 5.99. The number of unbranched alkanes of at least 4 members (excludes halogenated alkanes) is 2. The van der Waals surface area contributed by atoms with Crippen molar-refractivity contribution < 1.29 is 19.1 Å². The van der Waals surface area contributed by atoms with Gasteiger partial charge in [-0.2, -0.15) is 0 Å². The topological polar surface area (TPSA) is 52.6 Å². The van der Waals surface area contributed by atoms with E-state index in [0.717, 1.165) is 74.7 Å². The molecule has 2 fully saturated rings. The Hall–Kier alpha value is -1.84. The Labute approximate surface area is 167 Å². The Morgan fingerprint density at radius 3 is 2.82 bits per heavy atom. The van der Waals surface area contributed by atoms with Gasteiger partial charge in [-0.1, -0.05) is 32.8 Å². The van der Waals surface area contributed by atoms with Crippen LogP contribution in [-0.4, -0.2) is 18.0 Å². The molecule has 6 rings (SSSR count). The number of rotatable bonds is 5. The van der Waals surface area contributed by atoms with Gasteiger partial charge in [0.25, 0.3) is 0 Å². The van der Waals surface area contributed by atoms with Gasteiger partial charge in [0.1, 0.15) is 11.9 Å². The molecule has 1 saturated carbocycles. The second-order valence-corrected chi connectivity index (χ2v) is 9.16. The van der Waals surface area contributed by atoms with Crippen molar-refractivity contribution in [2.24, 2.45) is 23.2 Å². The lowest BCUT2D eigenvalue weighted by Gasteiger charge is -2.54. The Kier molecular flexibility index (Phi) is 4.29. The van der Waals surface area contributed by atoms with Gasteiger partial charge in [-0.3, -0.25) is 0 Å². The molecule has 2 heterocycles. The highest BCUT2D eigenvalue weighted by atomic mass is 16.6. The van der Waals surface area contributed by atoms with Crippen molar-refractivity contribution in [3.63, 3.8) is 0 Å². The van der Waals surface area contributed by atoms with E-state index in [4.69, 9.17) is 9.47 Å². The maximum atomic E-state index is 13.1. The van der Waals surface area contributed by atoms with Gasteiger partial charge in [-0.25, -0.2) is 9.59 Å². The molecule has 0 radical (unpaired) electrons. The molecule has 0 N–H and O–H groups in total. The fourth-order valence-corrected chi connectivity index (χ4v) is 6.63. The van der Waals surface area contributed by atoms with Gasteiger partial charge in [0.15, 0.2) is 0 Å². The predicted octanol–water partition coefficient (Wildman–Crippen LogP) is 5.00. The third-order valence-electron chi connectivity index (χ3n) is 7.80. The summed E-state index contributed by atoms with van der Waals surface area (Å²) in [5, 5.41) is 0. The van der Waals surface area contributed by atoms with E-state index in [1.54, 1.807) is 0 Å². The quantitative estimate of drug-likeness (QED) is 0.628. The van der Waals surface area contributed by atoms with E-state index in [9.17, 15) is 9.59 Å². The summed E-state index contributed by atoms with van der Waals surface area (Å²) in [6.45, 7) is 4.31. The van der Waals surface area contributed by atoms with E-state index < -0.39 is 5.41 Å². The van der Waals surface area contributed by atoms with Crippen LogP contribution in [0.25, 0.3) is 0 Å². The Morgan fingerprint density at radius 2 is 2.04 bits per heavy atom. The molecule has 0 aromatic carbocycles. The van der Waals surface area contributed by atoms with Crippen molar-refractivity contribution in [2.75, 3.05) is 0 Å². The summed E-state index contributed by atoms with van der Waals surface area (Å²) in [4.78, 5) is 25.8. The lowest BCUT2D eigenvalue weighted by molar-refractivity contribution is -0.141. The smallest absolute Gasteiger partial charge is 0.339 e. The Morgan fingerprint density at radius 1 is 1.18 bits per heavy atom. The van der Waals surface area contributed by atoms with Crippen LogP contribution in [0.1, 0.15) is 71.6 Å². The van der Waals surface area contributed by atoms with Gasteiger partial charge in [0.2, 0.25) is 0 Å². The fraction of sp³-hybridized carbons (Fsp3) is 0.667. The molecule has 1 spiro atoms. The molecule has 28 heavy (non-hydrogen) atoms. The Bertz CT molecular complexity index is 816. The molecular formula is C24H30O4. The molecule has 0 aromatic heterocycles. The number of carbonyl (C=O) groups excluding carboxylic acids is 2. The maximum Gasteiger partial charge on any atom is 0.339 e. The largest absolute Gasteiger partial charge is 0.454 e. The average Bonchev–Trinajstić information content (AvgIpc) is 3.19. The molecule has 5 atom stereocenters. The van der Waals surface area contributed by atoms with Crippen molar-refractivity contribution in [3.8, 4) is 0 Å². The minimum atomic E-state index is -0.425. The molecule has 2 bridgehead atoms. The van der Waals surface area contributed by atoms with Crippen LogP contribution in [0.5, 0.6) is 0 Å². The summed E-state index contributed by atoms with van der Waals surface area (Å²) < 4.78 is 11.7. The van der Waals surface area contributed by atoms with E-state index in [1.165, 1.54) is 5.57 Å². The number of allylic oxidation sites excluding steroid dienone is 3. The SMILES string of the molecule is CCCC=C1OC(=O)C2=C[C@@H]3CC[C@]12[C@H]1C2=C(CC[C@H]31)[C@@H](CCCC)OC2=O. The molecule has 6 aliphatic rings. The zero-order valence-corrected chi connectivity index (χ0v) is 17.0. The van der Waals surface area contributed by atoms with Crippen molar-refractivity contribution in [1.82, 2.24) is 0 Å². The monoisotopic (exact) mass is 382 g/mol. The number of ether oxygens (including phenoxy) is 2. The summed E-state index contributed by atoms with van der Waals surface area (Å²) >= 11 is 0. The molecular weight excluding hydrogens is 352 g/mol. The lowest BCUT2D eigenvalue weighted by Crippen LogP contribution is -2.50. The van der Waals surface area contributed by atoms with Crippen LogP contribution in [0.15, 0.2) is 34.6 Å². The maximum absolute atomic E-state index is 13.1. The van der Waals surface area contributed by atoms with Crippen LogP contribution in [0.2, 0.25) is 0 Å². The third kappa shape index (κ3) is 2.29. The first-order valence-electron chi connectivity index (χ1n) is 11.2. The summed E-state index contributed by atoms with van der Waals surface area (Å²) in [7, 11) is 0. The first-order chi connectivity index (χ1) is 13.6. The molecule has 0 unspecified atom stereocenters. The molecule has 1 saturated heterocycles. The standard InChI is InChI=1S/C24H30O4/c1-3-5-7-18-16-10-9-15-14-11-12-24(21(15)20(16)23(26)27-18)17(13-14)22(25)28-19(24)8-6-4-2/h8,13-15,18,21H,3-7,9-12H2,1-2H3/t14-,15+,18+,21+,24+/m0/s1. The Balaban J connectivity index is 1.63. The van der Waals surface area contributed by atoms with E-state index in [1.807, 2.05) is 0 Å². The van der Waals surface area contributed by atoms with Gasteiger partial charge in [-0.05, 0) is 68.4 Å². The number of carbonyl (C=O) groups is 2. The fourth-order valence-electron chi connectivity index (χ4n) is 6.63. The molecule has 4 heteroatoms. The number of hydrogen-bond donors (Lipinski definition) is 0. The second kappa shape index (κ2) is 6.60. The third-order valence-corrected chi connectivity index (χ3v) is 7.80. The molecule has 2 aliphatic heterocycles. The van der Waals surface area contributed by atoms with E-state index in [-0.39, 0.29) is 24.0 Å². The first kappa shape index (κ1) is 18.2. The van der Waals surface area contributed by atoms with Crippen molar-refractivity contribution >= 4 is 11.9 Å². The minimum absolute atomic E-state index is 0.0474. The zero-order chi connectivity index (χ0) is 19.5. The minimum Gasteiger partial charge on any atom is -0.454 e. The van der Waals surface area contributed by atoms with Crippen LogP contribution in [-0.2, 0) is 19.1 Å². The van der Waals surface area contributed by atoms with Gasteiger partial charge in [-0.15, -0.1) is 0 Å². The normalized spacial score (nSPS) is 39.5. The van der Waals surface area contributed by atoms with Crippen molar-refractivity contribution in [1.29, 1.82) is 0 Å². The first-order valence-corrected chi connectivity index (χ1v) is 11.2. The lowest BCUT2D eigenvalue weighted by atomic mass is 9.46. The van der Waals surface area contributed by atoms with Crippen LogP contribution >= 0.6 is 0 Å². The highest BCUT2D eigenvalue weighted by Crippen LogP contribution is 2.68. The molecule has 0 aromatic rings.